The Kier molecular flexibility index (Phi) is 5.35. The lowest BCUT2D eigenvalue weighted by molar-refractivity contribution is 0.272. The number of piperidine rings is 1. The van der Waals surface area contributed by atoms with E-state index in [-0.39, 0.29) is 0 Å². The molecule has 0 spiro atoms. The molecule has 78 valence electrons. The van der Waals surface area contributed by atoms with Crippen molar-refractivity contribution < 1.29 is 5.11 Å². The van der Waals surface area contributed by atoms with Gasteiger partial charge in [0.1, 0.15) is 0 Å². The fourth-order valence-electron chi connectivity index (χ4n) is 1.90. The van der Waals surface area contributed by atoms with Crippen LogP contribution in [0.15, 0.2) is 0 Å². The third kappa shape index (κ3) is 3.63. The Hall–Kier alpha value is -0.120. The molecule has 0 unspecified atom stereocenters. The summed E-state index contributed by atoms with van der Waals surface area (Å²) in [7, 11) is 1.00. The van der Waals surface area contributed by atoms with Crippen LogP contribution in [0.1, 0.15) is 32.1 Å². The monoisotopic (exact) mass is 186 g/mol. The van der Waals surface area contributed by atoms with Crippen LogP contribution in [-0.4, -0.2) is 37.4 Å². The van der Waals surface area contributed by atoms with E-state index in [1.807, 2.05) is 0 Å². The Labute approximate surface area is 80.9 Å². The molecule has 1 saturated carbocycles. The molecule has 2 aliphatic rings. The van der Waals surface area contributed by atoms with Gasteiger partial charge in [-0.2, -0.15) is 0 Å². The van der Waals surface area contributed by atoms with E-state index in [1.165, 1.54) is 45.2 Å². The predicted octanol–water partition coefficient (Wildman–Crippen LogP) is 0.489. The highest BCUT2D eigenvalue weighted by Gasteiger charge is 2.21. The lowest BCUT2D eigenvalue weighted by Gasteiger charge is -2.33. The van der Waals surface area contributed by atoms with Crippen LogP contribution < -0.4 is 10.6 Å². The SMILES string of the molecule is C1CC(NC2CCNCC2)C1.CO. The minimum atomic E-state index is 0.821. The van der Waals surface area contributed by atoms with Crippen molar-refractivity contribution in [3.63, 3.8) is 0 Å². The number of hydrogen-bond acceptors (Lipinski definition) is 3. The maximum atomic E-state index is 7.00. The van der Waals surface area contributed by atoms with Crippen LogP contribution in [0.25, 0.3) is 0 Å². The van der Waals surface area contributed by atoms with Gasteiger partial charge in [-0.05, 0) is 38.8 Å². The van der Waals surface area contributed by atoms with Crippen molar-refractivity contribution in [1.82, 2.24) is 10.6 Å². The molecule has 1 aliphatic heterocycles. The van der Waals surface area contributed by atoms with Crippen molar-refractivity contribution in [3.05, 3.63) is 0 Å². The Morgan fingerprint density at radius 3 is 2.00 bits per heavy atom. The highest BCUT2D eigenvalue weighted by atomic mass is 16.2. The Morgan fingerprint density at radius 2 is 1.54 bits per heavy atom. The number of rotatable bonds is 2. The highest BCUT2D eigenvalue weighted by molar-refractivity contribution is 4.83. The first-order valence-corrected chi connectivity index (χ1v) is 5.36. The molecule has 0 aromatic rings. The summed E-state index contributed by atoms with van der Waals surface area (Å²) in [5.74, 6) is 0. The van der Waals surface area contributed by atoms with Crippen molar-refractivity contribution in [1.29, 1.82) is 0 Å². The molecule has 1 saturated heterocycles. The van der Waals surface area contributed by atoms with E-state index >= 15 is 0 Å². The van der Waals surface area contributed by atoms with Crippen LogP contribution in [-0.2, 0) is 0 Å². The van der Waals surface area contributed by atoms with Crippen LogP contribution in [0.5, 0.6) is 0 Å². The van der Waals surface area contributed by atoms with E-state index in [0.29, 0.717) is 0 Å². The van der Waals surface area contributed by atoms with Crippen LogP contribution in [0.3, 0.4) is 0 Å². The van der Waals surface area contributed by atoms with Gasteiger partial charge >= 0.3 is 0 Å². The molecular formula is C10H22N2O. The van der Waals surface area contributed by atoms with E-state index in [0.717, 1.165) is 19.2 Å². The summed E-state index contributed by atoms with van der Waals surface area (Å²) in [6, 6.07) is 1.69. The molecule has 1 aliphatic carbocycles. The zero-order chi connectivity index (χ0) is 9.52. The van der Waals surface area contributed by atoms with Gasteiger partial charge in [0.05, 0.1) is 0 Å². The van der Waals surface area contributed by atoms with Gasteiger partial charge in [-0.25, -0.2) is 0 Å². The number of aliphatic hydroxyl groups is 1. The standard InChI is InChI=1S/C9H18N2.CH4O/c1-2-8(3-1)11-9-4-6-10-7-5-9;1-2/h8-11H,1-7H2;2H,1H3. The van der Waals surface area contributed by atoms with Crippen molar-refractivity contribution in [2.45, 2.75) is 44.2 Å². The molecule has 0 aromatic carbocycles. The largest absolute Gasteiger partial charge is 0.400 e. The number of nitrogens with one attached hydrogen (secondary N) is 2. The maximum Gasteiger partial charge on any atom is 0.0319 e. The Bertz CT molecular complexity index is 120. The summed E-state index contributed by atoms with van der Waals surface area (Å²) in [6.07, 6.45) is 6.95. The van der Waals surface area contributed by atoms with E-state index in [4.69, 9.17) is 5.11 Å². The van der Waals surface area contributed by atoms with Gasteiger partial charge in [0.15, 0.2) is 0 Å². The molecule has 2 fully saturated rings. The Balaban J connectivity index is 0.000000396. The molecule has 3 heteroatoms. The van der Waals surface area contributed by atoms with Gasteiger partial charge in [0, 0.05) is 19.2 Å². The normalized spacial score (nSPS) is 24.5. The first-order chi connectivity index (χ1) is 6.45. The van der Waals surface area contributed by atoms with Gasteiger partial charge in [-0.1, -0.05) is 6.42 Å². The molecule has 2 rings (SSSR count). The minimum absolute atomic E-state index is 0.821. The third-order valence-corrected chi connectivity index (χ3v) is 2.92. The van der Waals surface area contributed by atoms with Gasteiger partial charge in [0.2, 0.25) is 0 Å². The van der Waals surface area contributed by atoms with Gasteiger partial charge < -0.3 is 15.7 Å². The van der Waals surface area contributed by atoms with Gasteiger partial charge in [-0.15, -0.1) is 0 Å². The van der Waals surface area contributed by atoms with Crippen LogP contribution in [0.4, 0.5) is 0 Å². The van der Waals surface area contributed by atoms with E-state index < -0.39 is 0 Å². The minimum Gasteiger partial charge on any atom is -0.400 e. The molecule has 0 atom stereocenters. The first-order valence-electron chi connectivity index (χ1n) is 5.36. The second-order valence-corrected chi connectivity index (χ2v) is 3.82. The molecule has 0 aromatic heterocycles. The second-order valence-electron chi connectivity index (χ2n) is 3.82. The molecule has 0 radical (unpaired) electrons. The fourth-order valence-corrected chi connectivity index (χ4v) is 1.90. The summed E-state index contributed by atoms with van der Waals surface area (Å²) in [4.78, 5) is 0. The Morgan fingerprint density at radius 1 is 1.00 bits per heavy atom. The van der Waals surface area contributed by atoms with Crippen LogP contribution in [0.2, 0.25) is 0 Å². The zero-order valence-corrected chi connectivity index (χ0v) is 8.55. The van der Waals surface area contributed by atoms with Crippen molar-refractivity contribution in [3.8, 4) is 0 Å². The first kappa shape index (κ1) is 11.0. The predicted molar refractivity (Wildman–Crippen MR) is 54.8 cm³/mol. The molecule has 0 amide bonds. The van der Waals surface area contributed by atoms with E-state index in [9.17, 15) is 0 Å². The molecule has 13 heavy (non-hydrogen) atoms. The summed E-state index contributed by atoms with van der Waals surface area (Å²) < 4.78 is 0. The highest BCUT2D eigenvalue weighted by Crippen LogP contribution is 2.19. The topological polar surface area (TPSA) is 44.3 Å². The second kappa shape index (κ2) is 6.35. The number of aliphatic hydroxyl groups excluding tert-OH is 1. The van der Waals surface area contributed by atoms with Crippen molar-refractivity contribution in [2.24, 2.45) is 0 Å². The third-order valence-electron chi connectivity index (χ3n) is 2.92. The van der Waals surface area contributed by atoms with Gasteiger partial charge in [-0.3, -0.25) is 0 Å². The average molecular weight is 186 g/mol. The summed E-state index contributed by atoms with van der Waals surface area (Å²) in [6.45, 7) is 2.43. The van der Waals surface area contributed by atoms with Crippen LogP contribution in [0, 0.1) is 0 Å². The molecule has 3 nitrogen and oxygen atoms in total. The fraction of sp³-hybridized carbons (Fsp3) is 1.00. The molecular weight excluding hydrogens is 164 g/mol. The van der Waals surface area contributed by atoms with Gasteiger partial charge in [0.25, 0.3) is 0 Å². The summed E-state index contributed by atoms with van der Waals surface area (Å²) in [5, 5.41) is 14.1. The number of hydrogen-bond donors (Lipinski definition) is 3. The van der Waals surface area contributed by atoms with Crippen LogP contribution >= 0.6 is 0 Å². The summed E-state index contributed by atoms with van der Waals surface area (Å²) in [5.41, 5.74) is 0. The molecule has 0 bridgehead atoms. The summed E-state index contributed by atoms with van der Waals surface area (Å²) >= 11 is 0. The quantitative estimate of drug-likeness (QED) is 0.588. The molecule has 1 heterocycles. The lowest BCUT2D eigenvalue weighted by atomic mass is 9.91. The zero-order valence-electron chi connectivity index (χ0n) is 8.55. The lowest BCUT2D eigenvalue weighted by Crippen LogP contribution is -2.47. The van der Waals surface area contributed by atoms with Crippen molar-refractivity contribution in [2.75, 3.05) is 20.2 Å². The van der Waals surface area contributed by atoms with E-state index in [1.54, 1.807) is 0 Å². The maximum absolute atomic E-state index is 7.00. The van der Waals surface area contributed by atoms with Crippen molar-refractivity contribution >= 4 is 0 Å². The van der Waals surface area contributed by atoms with E-state index in [2.05, 4.69) is 10.6 Å². The average Bonchev–Trinajstić information content (AvgIpc) is 2.17. The molecule has 3 N–H and O–H groups in total. The smallest absolute Gasteiger partial charge is 0.0319 e.